The van der Waals surface area contributed by atoms with Gasteiger partial charge < -0.3 is 5.43 Å². The van der Waals surface area contributed by atoms with E-state index < -0.39 is 18.0 Å². The van der Waals surface area contributed by atoms with Gasteiger partial charge in [0.2, 0.25) is 5.16 Å². The Bertz CT molecular complexity index is 492. The molecule has 1 N–H and O–H groups in total. The van der Waals surface area contributed by atoms with Crippen molar-refractivity contribution >= 4 is 11.8 Å². The molecule has 15 heavy (non-hydrogen) atoms. The van der Waals surface area contributed by atoms with Crippen LogP contribution >= 0.6 is 11.8 Å². The third-order valence-electron chi connectivity index (χ3n) is 1.84. The van der Waals surface area contributed by atoms with E-state index in [1.54, 1.807) is 6.26 Å². The first-order chi connectivity index (χ1) is 8.06. The van der Waals surface area contributed by atoms with Gasteiger partial charge >= 0.3 is 0 Å². The van der Waals surface area contributed by atoms with Crippen molar-refractivity contribution < 1.29 is 4.11 Å². The second-order valence-corrected chi connectivity index (χ2v) is 4.81. The van der Waals surface area contributed by atoms with E-state index in [1.807, 2.05) is 20.8 Å². The van der Waals surface area contributed by atoms with Gasteiger partial charge in [-0.2, -0.15) is 4.68 Å². The summed E-state index contributed by atoms with van der Waals surface area (Å²) < 4.78 is 22.4. The van der Waals surface area contributed by atoms with Gasteiger partial charge in [0, 0.05) is 16.5 Å². The average Bonchev–Trinajstić information content (AvgIpc) is 2.17. The quantitative estimate of drug-likeness (QED) is 0.764. The molecule has 0 aliphatic carbocycles. The summed E-state index contributed by atoms with van der Waals surface area (Å²) >= 11 is 1.15. The Morgan fingerprint density at radius 3 is 2.60 bits per heavy atom. The number of nitrogens with one attached hydrogen (secondary N) is 1. The predicted molar refractivity (Wildman–Crippen MR) is 62.1 cm³/mol. The molecule has 1 aromatic heterocycles. The van der Waals surface area contributed by atoms with E-state index in [4.69, 9.17) is 4.11 Å². The molecule has 0 fully saturated rings. The second-order valence-electron chi connectivity index (χ2n) is 4.04. The van der Waals surface area contributed by atoms with Crippen LogP contribution in [0.2, 0.25) is 0 Å². The maximum atomic E-state index is 12.2. The molecule has 5 nitrogen and oxygen atoms in total. The minimum absolute atomic E-state index is 0.212. The van der Waals surface area contributed by atoms with Crippen LogP contribution in [0, 0.1) is 0 Å². The topological polar surface area (TPSA) is 59.8 Å². The molecule has 0 unspecified atom stereocenters. The SMILES string of the molecule is [2H]C([2H])([2H])Nn1c(SC)nnc(C(C)(C)C)c1=O. The predicted octanol–water partition coefficient (Wildman–Crippen LogP) is 0.831. The van der Waals surface area contributed by atoms with Gasteiger partial charge in [-0.05, 0) is 6.26 Å². The standard InChI is InChI=1S/C9H16N4OS/c1-9(2,3)6-7(14)13(10-4)8(15-5)12-11-6/h10H,1-5H3/i4D3. The van der Waals surface area contributed by atoms with Crippen LogP contribution in [-0.4, -0.2) is 28.1 Å². The van der Waals surface area contributed by atoms with Crippen LogP contribution in [0.25, 0.3) is 0 Å². The number of hydrogen-bond donors (Lipinski definition) is 1. The van der Waals surface area contributed by atoms with Crippen LogP contribution in [0.15, 0.2) is 9.95 Å². The van der Waals surface area contributed by atoms with Crippen LogP contribution in [0.5, 0.6) is 0 Å². The molecule has 1 aromatic rings. The highest BCUT2D eigenvalue weighted by atomic mass is 32.2. The summed E-state index contributed by atoms with van der Waals surface area (Å²) in [7, 11) is 0. The molecule has 84 valence electrons. The fourth-order valence-corrected chi connectivity index (χ4v) is 1.51. The van der Waals surface area contributed by atoms with Crippen molar-refractivity contribution in [2.24, 2.45) is 0 Å². The van der Waals surface area contributed by atoms with Crippen LogP contribution in [-0.2, 0) is 5.41 Å². The molecule has 0 saturated heterocycles. The smallest absolute Gasteiger partial charge is 0.295 e. The van der Waals surface area contributed by atoms with Crippen molar-refractivity contribution in [3.63, 3.8) is 0 Å². The zero-order valence-corrected chi connectivity index (χ0v) is 9.97. The lowest BCUT2D eigenvalue weighted by molar-refractivity contribution is 0.516. The van der Waals surface area contributed by atoms with Gasteiger partial charge in [-0.15, -0.1) is 10.2 Å². The number of aromatic nitrogens is 3. The van der Waals surface area contributed by atoms with Crippen LogP contribution in [0.4, 0.5) is 0 Å². The van der Waals surface area contributed by atoms with Crippen molar-refractivity contribution in [2.45, 2.75) is 31.3 Å². The lowest BCUT2D eigenvalue weighted by Crippen LogP contribution is -2.37. The highest BCUT2D eigenvalue weighted by molar-refractivity contribution is 7.98. The molecule has 0 radical (unpaired) electrons. The molecular formula is C9H16N4OS. The van der Waals surface area contributed by atoms with E-state index in [-0.39, 0.29) is 10.9 Å². The molecule has 1 heterocycles. The highest BCUT2D eigenvalue weighted by Crippen LogP contribution is 2.16. The monoisotopic (exact) mass is 231 g/mol. The zero-order chi connectivity index (χ0) is 14.1. The summed E-state index contributed by atoms with van der Waals surface area (Å²) in [5.74, 6) is 0. The fraction of sp³-hybridized carbons (Fsp3) is 0.667. The summed E-state index contributed by atoms with van der Waals surface area (Å²) in [5, 5.41) is 7.97. The van der Waals surface area contributed by atoms with Crippen LogP contribution in [0.3, 0.4) is 0 Å². The van der Waals surface area contributed by atoms with Crippen LogP contribution in [0.1, 0.15) is 30.6 Å². The second kappa shape index (κ2) is 4.22. The van der Waals surface area contributed by atoms with Crippen molar-refractivity contribution in [1.29, 1.82) is 0 Å². The van der Waals surface area contributed by atoms with Gasteiger partial charge in [0.1, 0.15) is 5.69 Å². The van der Waals surface area contributed by atoms with E-state index in [0.29, 0.717) is 0 Å². The van der Waals surface area contributed by atoms with E-state index in [1.165, 1.54) is 0 Å². The highest BCUT2D eigenvalue weighted by Gasteiger charge is 2.22. The maximum Gasteiger partial charge on any atom is 0.295 e. The molecule has 1 rings (SSSR count). The van der Waals surface area contributed by atoms with Crippen molar-refractivity contribution in [2.75, 3.05) is 18.7 Å². The number of thioether (sulfide) groups is 1. The first kappa shape index (κ1) is 8.15. The average molecular weight is 231 g/mol. The Hall–Kier alpha value is -1.04. The van der Waals surface area contributed by atoms with Gasteiger partial charge in [-0.3, -0.25) is 4.79 Å². The van der Waals surface area contributed by atoms with Crippen molar-refractivity contribution in [3.05, 3.63) is 16.0 Å². The normalized spacial score (nSPS) is 15.3. The number of hydrogen-bond acceptors (Lipinski definition) is 5. The molecule has 0 spiro atoms. The molecule has 0 bridgehead atoms. The summed E-state index contributed by atoms with van der Waals surface area (Å²) in [6.07, 6.45) is 1.69. The largest absolute Gasteiger partial charge is 0.324 e. The summed E-state index contributed by atoms with van der Waals surface area (Å²) in [4.78, 5) is 12.2. The minimum Gasteiger partial charge on any atom is -0.324 e. The van der Waals surface area contributed by atoms with E-state index >= 15 is 0 Å². The third kappa shape index (κ3) is 2.31. The Labute approximate surface area is 97.5 Å². The van der Waals surface area contributed by atoms with Gasteiger partial charge in [0.25, 0.3) is 5.56 Å². The van der Waals surface area contributed by atoms with Crippen molar-refractivity contribution in [1.82, 2.24) is 14.9 Å². The molecule has 0 amide bonds. The molecule has 0 saturated carbocycles. The third-order valence-corrected chi connectivity index (χ3v) is 2.47. The number of rotatable bonds is 2. The lowest BCUT2D eigenvalue weighted by Gasteiger charge is -2.18. The Balaban J connectivity index is 3.42. The Morgan fingerprint density at radius 2 is 2.13 bits per heavy atom. The van der Waals surface area contributed by atoms with Gasteiger partial charge in [0.05, 0.1) is 0 Å². The van der Waals surface area contributed by atoms with Gasteiger partial charge in [-0.25, -0.2) is 0 Å². The minimum atomic E-state index is -2.47. The van der Waals surface area contributed by atoms with E-state index in [9.17, 15) is 4.79 Å². The number of nitrogens with zero attached hydrogens (tertiary/aromatic N) is 3. The maximum absolute atomic E-state index is 12.2. The summed E-state index contributed by atoms with van der Waals surface area (Å²) in [6.45, 7) is 2.98. The lowest BCUT2D eigenvalue weighted by atomic mass is 9.93. The first-order valence-corrected chi connectivity index (χ1v) is 5.61. The molecule has 0 aromatic carbocycles. The molecular weight excluding hydrogens is 212 g/mol. The van der Waals surface area contributed by atoms with E-state index in [2.05, 4.69) is 15.6 Å². The molecule has 0 aliphatic heterocycles. The zero-order valence-electron chi connectivity index (χ0n) is 12.2. The van der Waals surface area contributed by atoms with E-state index in [0.717, 1.165) is 16.4 Å². The van der Waals surface area contributed by atoms with Gasteiger partial charge in [-0.1, -0.05) is 32.5 Å². The summed E-state index contributed by atoms with van der Waals surface area (Å²) in [5.41, 5.74) is 1.39. The Morgan fingerprint density at radius 1 is 1.47 bits per heavy atom. The molecule has 0 aliphatic rings. The summed E-state index contributed by atoms with van der Waals surface area (Å²) in [6, 6.07) is 0. The first-order valence-electron chi connectivity index (χ1n) is 5.88. The van der Waals surface area contributed by atoms with Gasteiger partial charge in [0.15, 0.2) is 0 Å². The van der Waals surface area contributed by atoms with Crippen LogP contribution < -0.4 is 11.0 Å². The van der Waals surface area contributed by atoms with Crippen molar-refractivity contribution in [3.8, 4) is 0 Å². The Kier molecular flexibility index (Phi) is 2.29. The fourth-order valence-electron chi connectivity index (χ4n) is 1.07. The molecule has 6 heteroatoms. The molecule has 0 atom stereocenters.